The Labute approximate surface area is 249 Å². The number of allylic oxidation sites excluding steroid dienone is 3. The molecule has 2 unspecified atom stereocenters. The van der Waals surface area contributed by atoms with Crippen molar-refractivity contribution in [2.45, 2.75) is 134 Å². The molecule has 1 aliphatic heterocycles. The van der Waals surface area contributed by atoms with Crippen LogP contribution in [0.15, 0.2) is 24.3 Å². The second kappa shape index (κ2) is 17.2. The maximum atomic E-state index is 12.8. The Balaban J connectivity index is 1.91. The number of aliphatic carboxylic acids is 1. The average Bonchev–Trinajstić information content (AvgIpc) is 3.16. The lowest BCUT2D eigenvalue weighted by Gasteiger charge is -2.37. The predicted octanol–water partition coefficient (Wildman–Crippen LogP) is 8.30. The van der Waals surface area contributed by atoms with Crippen molar-refractivity contribution in [2.24, 2.45) is 17.8 Å². The van der Waals surface area contributed by atoms with E-state index < -0.39 is 14.3 Å². The summed E-state index contributed by atoms with van der Waals surface area (Å²) < 4.78 is 18.6. The van der Waals surface area contributed by atoms with Gasteiger partial charge in [-0.05, 0) is 93.8 Å². The lowest BCUT2D eigenvalue weighted by molar-refractivity contribution is -0.192. The third-order valence-corrected chi connectivity index (χ3v) is 13.8. The quantitative estimate of drug-likeness (QED) is 0.0596. The lowest BCUT2D eigenvalue weighted by atomic mass is 9.90. The molecule has 0 spiro atoms. The Morgan fingerprint density at radius 2 is 1.90 bits per heavy atom. The van der Waals surface area contributed by atoms with Crippen LogP contribution in [0.2, 0.25) is 18.1 Å². The minimum absolute atomic E-state index is 0.0394. The van der Waals surface area contributed by atoms with Gasteiger partial charge in [-0.1, -0.05) is 45.9 Å². The van der Waals surface area contributed by atoms with Crippen molar-refractivity contribution in [1.29, 1.82) is 0 Å². The van der Waals surface area contributed by atoms with E-state index >= 15 is 0 Å². The number of carbonyl (C=O) groups excluding carboxylic acids is 1. The molecule has 2 aliphatic rings. The molecular weight excluding hydrogens is 544 g/mol. The highest BCUT2D eigenvalue weighted by molar-refractivity contribution is 6.74. The van der Waals surface area contributed by atoms with Gasteiger partial charge in [-0.3, -0.25) is 9.59 Å². The van der Waals surface area contributed by atoms with E-state index in [0.29, 0.717) is 18.8 Å². The Kier molecular flexibility index (Phi) is 15.1. The summed E-state index contributed by atoms with van der Waals surface area (Å²) >= 11 is 6.83. The number of hydrogen-bond acceptors (Lipinski definition) is 5. The van der Waals surface area contributed by atoms with E-state index in [1.807, 2.05) is 12.2 Å². The average molecular weight is 599 g/mol. The molecule has 6 nitrogen and oxygen atoms in total. The molecule has 1 aliphatic carbocycles. The first-order valence-corrected chi connectivity index (χ1v) is 18.8. The van der Waals surface area contributed by atoms with Gasteiger partial charge in [0.1, 0.15) is 0 Å². The molecule has 0 amide bonds. The van der Waals surface area contributed by atoms with Crippen LogP contribution < -0.4 is 0 Å². The normalized spacial score (nSPS) is 27.0. The molecule has 6 atom stereocenters. The molecule has 2 fully saturated rings. The van der Waals surface area contributed by atoms with Gasteiger partial charge in [-0.15, -0.1) is 11.6 Å². The summed E-state index contributed by atoms with van der Waals surface area (Å²) in [5, 5.41) is 8.99. The van der Waals surface area contributed by atoms with Gasteiger partial charge in [0.15, 0.2) is 20.4 Å². The molecule has 230 valence electrons. The zero-order chi connectivity index (χ0) is 29.8. The van der Waals surface area contributed by atoms with Gasteiger partial charge in [-0.25, -0.2) is 0 Å². The molecule has 0 aromatic carbocycles. The molecule has 0 radical (unpaired) electrons. The van der Waals surface area contributed by atoms with Gasteiger partial charge in [-0.2, -0.15) is 0 Å². The fraction of sp³-hybridized carbons (Fsp3) is 0.812. The van der Waals surface area contributed by atoms with Gasteiger partial charge in [0.05, 0.1) is 6.10 Å². The second-order valence-corrected chi connectivity index (χ2v) is 18.7. The third kappa shape index (κ3) is 12.5. The first-order chi connectivity index (χ1) is 18.8. The molecule has 1 saturated heterocycles. The molecule has 0 aromatic heterocycles. The molecule has 1 saturated carbocycles. The van der Waals surface area contributed by atoms with E-state index in [4.69, 9.17) is 30.6 Å². The maximum absolute atomic E-state index is 12.8. The maximum Gasteiger partial charge on any atom is 0.303 e. The van der Waals surface area contributed by atoms with Crippen molar-refractivity contribution in [3.63, 3.8) is 0 Å². The van der Waals surface area contributed by atoms with E-state index in [-0.39, 0.29) is 46.8 Å². The largest absolute Gasteiger partial charge is 0.481 e. The minimum Gasteiger partial charge on any atom is -0.481 e. The summed E-state index contributed by atoms with van der Waals surface area (Å²) in [6.07, 6.45) is 16.1. The second-order valence-electron chi connectivity index (χ2n) is 13.4. The molecule has 1 heterocycles. The van der Waals surface area contributed by atoms with Crippen LogP contribution in [-0.4, -0.2) is 56.2 Å². The van der Waals surface area contributed by atoms with E-state index in [2.05, 4.69) is 46.9 Å². The summed E-state index contributed by atoms with van der Waals surface area (Å²) in [5.74, 6) is 0.00249. The summed E-state index contributed by atoms with van der Waals surface area (Å²) in [6, 6.07) is 0. The Morgan fingerprint density at radius 1 is 1.15 bits per heavy atom. The first kappa shape index (κ1) is 35.2. The molecule has 1 N–H and O–H groups in total. The van der Waals surface area contributed by atoms with Crippen molar-refractivity contribution in [3.05, 3.63) is 24.3 Å². The molecular formula is C32H55ClO6Si. The lowest BCUT2D eigenvalue weighted by Crippen LogP contribution is -2.41. The molecule has 0 bridgehead atoms. The smallest absolute Gasteiger partial charge is 0.303 e. The Morgan fingerprint density at radius 3 is 2.55 bits per heavy atom. The minimum atomic E-state index is -1.75. The van der Waals surface area contributed by atoms with E-state index in [1.54, 1.807) is 6.08 Å². The van der Waals surface area contributed by atoms with Crippen LogP contribution in [0.25, 0.3) is 0 Å². The van der Waals surface area contributed by atoms with Crippen molar-refractivity contribution in [3.8, 4) is 0 Å². The van der Waals surface area contributed by atoms with Crippen LogP contribution in [0.1, 0.15) is 98.3 Å². The highest BCUT2D eigenvalue weighted by atomic mass is 35.5. The highest BCUT2D eigenvalue weighted by Gasteiger charge is 2.42. The number of rotatable bonds is 17. The van der Waals surface area contributed by atoms with Crippen molar-refractivity contribution in [2.75, 3.05) is 13.2 Å². The van der Waals surface area contributed by atoms with Crippen LogP contribution in [0.3, 0.4) is 0 Å². The first-order valence-electron chi connectivity index (χ1n) is 15.4. The summed E-state index contributed by atoms with van der Waals surface area (Å²) in [6.45, 7) is 15.0. The van der Waals surface area contributed by atoms with Crippen LogP contribution in [0.5, 0.6) is 0 Å². The fourth-order valence-corrected chi connectivity index (χ4v) is 6.70. The SMILES string of the molecule is CC(CCCC(=O)C=C[C@@H]1[C@@H](CC=CCCCC(=O)O)[C@H](Cl)C[C@H]1OC1CCCCO1)CO[Si](C)(C)C(C)(C)C. The molecule has 40 heavy (non-hydrogen) atoms. The van der Waals surface area contributed by atoms with Crippen LogP contribution in [0.4, 0.5) is 0 Å². The summed E-state index contributed by atoms with van der Waals surface area (Å²) in [5.41, 5.74) is 0. The fourth-order valence-electron chi connectivity index (χ4n) is 5.12. The summed E-state index contributed by atoms with van der Waals surface area (Å²) in [4.78, 5) is 23.6. The van der Waals surface area contributed by atoms with Crippen molar-refractivity contribution >= 4 is 31.7 Å². The number of hydrogen-bond donors (Lipinski definition) is 1. The Bertz CT molecular complexity index is 830. The highest BCUT2D eigenvalue weighted by Crippen LogP contribution is 2.42. The number of carbonyl (C=O) groups is 2. The number of unbranched alkanes of at least 4 members (excludes halogenated alkanes) is 1. The monoisotopic (exact) mass is 598 g/mol. The van der Waals surface area contributed by atoms with Crippen LogP contribution in [0, 0.1) is 17.8 Å². The standard InChI is InChI=1S/C32H55ClO6Si/c1-24(23-38-40(5,6)32(2,3)4)14-13-15-25(34)19-20-27-26(16-9-7-8-10-17-30(35)36)28(33)22-29(27)39-31-18-11-12-21-37-31/h7,9,19-20,24,26-29,31H,8,10-18,21-23H2,1-6H3,(H,35,36)/t24?,26-,27-,28-,29-,31?/m1/s1. The third-order valence-electron chi connectivity index (χ3n) is 8.81. The molecule has 0 aromatic rings. The van der Waals surface area contributed by atoms with E-state index in [9.17, 15) is 9.59 Å². The van der Waals surface area contributed by atoms with Gasteiger partial charge < -0.3 is 19.0 Å². The van der Waals surface area contributed by atoms with Crippen molar-refractivity contribution in [1.82, 2.24) is 0 Å². The molecule has 8 heteroatoms. The number of halogens is 1. The predicted molar refractivity (Wildman–Crippen MR) is 165 cm³/mol. The van der Waals surface area contributed by atoms with Gasteiger partial charge >= 0.3 is 5.97 Å². The zero-order valence-corrected chi connectivity index (χ0v) is 27.6. The molecule has 2 rings (SSSR count). The summed E-state index contributed by atoms with van der Waals surface area (Å²) in [7, 11) is -1.75. The Hall–Kier alpha value is -0.993. The number of carboxylic acid groups (broad SMARTS) is 1. The van der Waals surface area contributed by atoms with E-state index in [0.717, 1.165) is 64.6 Å². The zero-order valence-electron chi connectivity index (χ0n) is 25.8. The van der Waals surface area contributed by atoms with Gasteiger partial charge in [0.2, 0.25) is 0 Å². The number of carboxylic acids is 1. The topological polar surface area (TPSA) is 82.1 Å². The van der Waals surface area contributed by atoms with Crippen LogP contribution >= 0.6 is 11.6 Å². The van der Waals surface area contributed by atoms with Crippen LogP contribution in [-0.2, 0) is 23.5 Å². The van der Waals surface area contributed by atoms with Gasteiger partial charge in [0.25, 0.3) is 0 Å². The van der Waals surface area contributed by atoms with Gasteiger partial charge in [0, 0.05) is 37.4 Å². The number of alkyl halides is 1. The van der Waals surface area contributed by atoms with Crippen molar-refractivity contribution < 1.29 is 28.6 Å². The number of ketones is 1. The number of ether oxygens (including phenoxy) is 2. The van der Waals surface area contributed by atoms with E-state index in [1.165, 1.54) is 0 Å².